The SMILES string of the molecule is N#Cc1nccnc1N1CCN2[C@@H](CCC[C@H]2C#Cc2ccccn2)C1. The number of piperidine rings is 1. The van der Waals surface area contributed by atoms with Crippen LogP contribution in [0.4, 0.5) is 5.82 Å². The Labute approximate surface area is 153 Å². The van der Waals surface area contributed by atoms with E-state index in [0.29, 0.717) is 17.6 Å². The minimum atomic E-state index is 0.273. The van der Waals surface area contributed by atoms with Gasteiger partial charge in [0.15, 0.2) is 11.5 Å². The number of anilines is 1. The third kappa shape index (κ3) is 3.37. The summed E-state index contributed by atoms with van der Waals surface area (Å²) in [5.74, 6) is 7.36. The fourth-order valence-electron chi connectivity index (χ4n) is 3.83. The highest BCUT2D eigenvalue weighted by Gasteiger charge is 2.35. The Bertz CT molecular complexity index is 863. The van der Waals surface area contributed by atoms with Crippen LogP contribution in [0.5, 0.6) is 0 Å². The molecule has 0 N–H and O–H groups in total. The molecule has 0 saturated carbocycles. The lowest BCUT2D eigenvalue weighted by molar-refractivity contribution is 0.100. The highest BCUT2D eigenvalue weighted by atomic mass is 15.3. The minimum absolute atomic E-state index is 0.273. The van der Waals surface area contributed by atoms with E-state index in [1.54, 1.807) is 18.6 Å². The Kier molecular flexibility index (Phi) is 4.77. The fraction of sp³-hybridized carbons (Fsp3) is 0.400. The lowest BCUT2D eigenvalue weighted by Crippen LogP contribution is -2.58. The number of pyridine rings is 1. The van der Waals surface area contributed by atoms with E-state index >= 15 is 0 Å². The molecule has 2 atom stereocenters. The second-order valence-corrected chi connectivity index (χ2v) is 6.61. The summed E-state index contributed by atoms with van der Waals surface area (Å²) in [6, 6.07) is 8.68. The highest BCUT2D eigenvalue weighted by molar-refractivity contribution is 5.50. The normalized spacial score (nSPS) is 22.7. The van der Waals surface area contributed by atoms with Crippen LogP contribution in [-0.2, 0) is 0 Å². The minimum Gasteiger partial charge on any atom is -0.351 e. The van der Waals surface area contributed by atoms with Crippen molar-refractivity contribution in [3.05, 3.63) is 48.2 Å². The van der Waals surface area contributed by atoms with Crippen LogP contribution in [-0.4, -0.2) is 51.6 Å². The highest BCUT2D eigenvalue weighted by Crippen LogP contribution is 2.28. The number of hydrogen-bond donors (Lipinski definition) is 0. The van der Waals surface area contributed by atoms with E-state index in [1.807, 2.05) is 18.2 Å². The Morgan fingerprint density at radius 3 is 2.81 bits per heavy atom. The van der Waals surface area contributed by atoms with Crippen molar-refractivity contribution in [2.45, 2.75) is 31.3 Å². The van der Waals surface area contributed by atoms with E-state index < -0.39 is 0 Å². The summed E-state index contributed by atoms with van der Waals surface area (Å²) in [7, 11) is 0. The first-order valence-electron chi connectivity index (χ1n) is 8.99. The molecule has 2 saturated heterocycles. The van der Waals surface area contributed by atoms with E-state index in [-0.39, 0.29) is 6.04 Å². The van der Waals surface area contributed by atoms with Gasteiger partial charge in [-0.05, 0) is 37.3 Å². The van der Waals surface area contributed by atoms with Crippen molar-refractivity contribution in [2.24, 2.45) is 0 Å². The number of aromatic nitrogens is 3. The molecule has 2 aromatic heterocycles. The average Bonchev–Trinajstić information content (AvgIpc) is 2.72. The zero-order valence-corrected chi connectivity index (χ0v) is 14.5. The number of piperazine rings is 1. The molecule has 4 rings (SSSR count). The van der Waals surface area contributed by atoms with Crippen molar-refractivity contribution in [3.63, 3.8) is 0 Å². The molecule has 0 aromatic carbocycles. The second-order valence-electron chi connectivity index (χ2n) is 6.61. The molecular weight excluding hydrogens is 324 g/mol. The molecule has 2 aromatic rings. The summed E-state index contributed by atoms with van der Waals surface area (Å²) in [5.41, 5.74) is 1.23. The predicted octanol–water partition coefficient (Wildman–Crippen LogP) is 1.84. The van der Waals surface area contributed by atoms with Crippen LogP contribution >= 0.6 is 0 Å². The quantitative estimate of drug-likeness (QED) is 0.735. The Balaban J connectivity index is 1.49. The number of nitriles is 1. The lowest BCUT2D eigenvalue weighted by Gasteiger charge is -2.47. The van der Waals surface area contributed by atoms with Crippen molar-refractivity contribution >= 4 is 5.82 Å². The molecule has 2 aliphatic heterocycles. The summed E-state index contributed by atoms with van der Waals surface area (Å²) < 4.78 is 0. The Morgan fingerprint density at radius 2 is 1.96 bits per heavy atom. The van der Waals surface area contributed by atoms with Gasteiger partial charge in [-0.25, -0.2) is 15.0 Å². The Morgan fingerprint density at radius 1 is 1.04 bits per heavy atom. The van der Waals surface area contributed by atoms with Gasteiger partial charge in [-0.15, -0.1) is 0 Å². The molecule has 26 heavy (non-hydrogen) atoms. The molecule has 130 valence electrons. The molecule has 4 heterocycles. The summed E-state index contributed by atoms with van der Waals surface area (Å²) in [4.78, 5) is 17.5. The van der Waals surface area contributed by atoms with E-state index in [1.165, 1.54) is 6.42 Å². The molecule has 2 fully saturated rings. The molecule has 0 amide bonds. The van der Waals surface area contributed by atoms with Crippen LogP contribution in [0.15, 0.2) is 36.8 Å². The summed E-state index contributed by atoms with van der Waals surface area (Å²) in [6.07, 6.45) is 8.43. The van der Waals surface area contributed by atoms with Crippen molar-refractivity contribution in [1.29, 1.82) is 5.26 Å². The number of nitrogens with zero attached hydrogens (tertiary/aromatic N) is 6. The van der Waals surface area contributed by atoms with Crippen LogP contribution in [0, 0.1) is 23.2 Å². The van der Waals surface area contributed by atoms with Crippen molar-refractivity contribution in [3.8, 4) is 17.9 Å². The molecule has 0 aliphatic carbocycles. The standard InChI is InChI=1S/C20H20N6/c21-14-19-20(24-11-10-23-19)25-12-13-26-17(5-3-6-18(26)15-25)8-7-16-4-1-2-9-22-16/h1-2,4,9-11,17-18H,3,5-6,12-13,15H2/t17-,18-/m0/s1. The molecular formula is C20H20N6. The first-order chi connectivity index (χ1) is 12.8. The first kappa shape index (κ1) is 16.5. The zero-order chi connectivity index (χ0) is 17.8. The predicted molar refractivity (Wildman–Crippen MR) is 98.2 cm³/mol. The van der Waals surface area contributed by atoms with Crippen LogP contribution in [0.25, 0.3) is 0 Å². The molecule has 0 radical (unpaired) electrons. The third-order valence-electron chi connectivity index (χ3n) is 5.06. The first-order valence-corrected chi connectivity index (χ1v) is 8.99. The van der Waals surface area contributed by atoms with Gasteiger partial charge >= 0.3 is 0 Å². The van der Waals surface area contributed by atoms with Gasteiger partial charge < -0.3 is 4.90 Å². The van der Waals surface area contributed by atoms with Crippen molar-refractivity contribution < 1.29 is 0 Å². The maximum absolute atomic E-state index is 9.29. The second kappa shape index (κ2) is 7.51. The maximum Gasteiger partial charge on any atom is 0.183 e. The van der Waals surface area contributed by atoms with Crippen LogP contribution in [0.1, 0.15) is 30.7 Å². The van der Waals surface area contributed by atoms with Gasteiger partial charge in [0, 0.05) is 44.3 Å². The molecule has 6 heteroatoms. The van der Waals surface area contributed by atoms with Gasteiger partial charge in [-0.1, -0.05) is 12.0 Å². The van der Waals surface area contributed by atoms with Gasteiger partial charge in [-0.2, -0.15) is 5.26 Å². The monoisotopic (exact) mass is 344 g/mol. The number of hydrogen-bond acceptors (Lipinski definition) is 6. The van der Waals surface area contributed by atoms with Gasteiger partial charge in [-0.3, -0.25) is 4.90 Å². The van der Waals surface area contributed by atoms with Crippen molar-refractivity contribution in [1.82, 2.24) is 19.9 Å². The summed E-state index contributed by atoms with van der Waals surface area (Å²) in [6.45, 7) is 2.63. The largest absolute Gasteiger partial charge is 0.351 e. The number of rotatable bonds is 1. The Hall–Kier alpha value is -2.96. The van der Waals surface area contributed by atoms with E-state index in [2.05, 4.69) is 42.7 Å². The molecule has 0 unspecified atom stereocenters. The van der Waals surface area contributed by atoms with Crippen LogP contribution in [0.3, 0.4) is 0 Å². The van der Waals surface area contributed by atoms with Gasteiger partial charge in [0.1, 0.15) is 11.8 Å². The van der Waals surface area contributed by atoms with Gasteiger partial charge in [0.05, 0.1) is 6.04 Å². The number of fused-ring (bicyclic) bond motifs is 1. The lowest BCUT2D eigenvalue weighted by atomic mass is 9.93. The molecule has 0 spiro atoms. The molecule has 6 nitrogen and oxygen atoms in total. The van der Waals surface area contributed by atoms with Gasteiger partial charge in [0.2, 0.25) is 0 Å². The molecule has 0 bridgehead atoms. The topological polar surface area (TPSA) is 68.9 Å². The molecule has 2 aliphatic rings. The van der Waals surface area contributed by atoms with E-state index in [0.717, 1.165) is 38.2 Å². The van der Waals surface area contributed by atoms with Crippen LogP contribution < -0.4 is 4.90 Å². The van der Waals surface area contributed by atoms with Crippen LogP contribution in [0.2, 0.25) is 0 Å². The average molecular weight is 344 g/mol. The third-order valence-corrected chi connectivity index (χ3v) is 5.06. The smallest absolute Gasteiger partial charge is 0.183 e. The van der Waals surface area contributed by atoms with E-state index in [4.69, 9.17) is 0 Å². The summed E-state index contributed by atoms with van der Waals surface area (Å²) in [5, 5.41) is 9.29. The summed E-state index contributed by atoms with van der Waals surface area (Å²) >= 11 is 0. The van der Waals surface area contributed by atoms with Gasteiger partial charge in [0.25, 0.3) is 0 Å². The maximum atomic E-state index is 9.29. The fourth-order valence-corrected chi connectivity index (χ4v) is 3.83. The van der Waals surface area contributed by atoms with Crippen molar-refractivity contribution in [2.75, 3.05) is 24.5 Å². The van der Waals surface area contributed by atoms with E-state index in [9.17, 15) is 5.26 Å². The zero-order valence-electron chi connectivity index (χ0n) is 14.5.